The second-order valence-corrected chi connectivity index (χ2v) is 5.28. The van der Waals surface area contributed by atoms with Crippen molar-refractivity contribution in [3.05, 3.63) is 65.7 Å². The number of benzene rings is 2. The van der Waals surface area contributed by atoms with Crippen molar-refractivity contribution in [3.63, 3.8) is 0 Å². The predicted octanol–water partition coefficient (Wildman–Crippen LogP) is 1.59. The number of carboxylic acid groups (broad SMARTS) is 1. The quantitative estimate of drug-likeness (QED) is 0.854. The summed E-state index contributed by atoms with van der Waals surface area (Å²) in [6.45, 7) is 0.636. The highest BCUT2D eigenvalue weighted by Gasteiger charge is 2.24. The number of nitrogens with zero attached hydrogens (tertiary/aromatic N) is 3. The minimum atomic E-state index is -1.22. The van der Waals surface area contributed by atoms with Gasteiger partial charge in [0.2, 0.25) is 0 Å². The Morgan fingerprint density at radius 2 is 1.88 bits per heavy atom. The fourth-order valence-corrected chi connectivity index (χ4v) is 2.20. The lowest BCUT2D eigenvalue weighted by molar-refractivity contribution is -0.600. The van der Waals surface area contributed by atoms with Crippen molar-refractivity contribution in [2.45, 2.75) is 6.54 Å². The highest BCUT2D eigenvalue weighted by atomic mass is 16.7. The number of hydrogen-bond donors (Lipinski definition) is 1. The first-order valence-corrected chi connectivity index (χ1v) is 7.47. The minimum Gasteiger partial charge on any atom is -0.545 e. The molecule has 2 aromatic carbocycles. The largest absolute Gasteiger partial charge is 0.545 e. The van der Waals surface area contributed by atoms with Crippen LogP contribution in [0, 0.1) is 0 Å². The van der Waals surface area contributed by atoms with Crippen LogP contribution in [0.15, 0.2) is 64.9 Å². The van der Waals surface area contributed by atoms with Gasteiger partial charge in [0, 0.05) is 11.3 Å². The average molecular weight is 338 g/mol. The maximum atomic E-state index is 11.8. The van der Waals surface area contributed by atoms with Gasteiger partial charge >= 0.3 is 11.9 Å². The van der Waals surface area contributed by atoms with Gasteiger partial charge < -0.3 is 15.2 Å². The maximum absolute atomic E-state index is 11.8. The molecule has 0 spiro atoms. The van der Waals surface area contributed by atoms with Gasteiger partial charge in [-0.25, -0.2) is 4.79 Å². The molecule has 3 rings (SSSR count). The maximum Gasteiger partial charge on any atom is 0.348 e. The summed E-state index contributed by atoms with van der Waals surface area (Å²) in [5.74, 6) is -1.04. The zero-order valence-corrected chi connectivity index (χ0v) is 13.1. The van der Waals surface area contributed by atoms with Gasteiger partial charge in [0.15, 0.2) is 11.8 Å². The molecule has 1 aliphatic rings. The van der Waals surface area contributed by atoms with Gasteiger partial charge in [-0.3, -0.25) is 4.84 Å². The van der Waals surface area contributed by atoms with Gasteiger partial charge in [0.05, 0.1) is 5.97 Å². The summed E-state index contributed by atoms with van der Waals surface area (Å²) >= 11 is 0. The highest BCUT2D eigenvalue weighted by molar-refractivity contribution is 5.98. The van der Waals surface area contributed by atoms with E-state index in [4.69, 9.17) is 4.84 Å². The molecule has 0 saturated carbocycles. The van der Waals surface area contributed by atoms with Crippen molar-refractivity contribution < 1.29 is 24.2 Å². The molecule has 0 atom stereocenters. The molecular weight excluding hydrogens is 324 g/mol. The molecule has 1 N–H and O–H groups in total. The van der Waals surface area contributed by atoms with Crippen LogP contribution in [-0.4, -0.2) is 29.1 Å². The number of hydrogen-bond acceptors (Lipinski definition) is 5. The third-order valence-electron chi connectivity index (χ3n) is 3.39. The van der Waals surface area contributed by atoms with Gasteiger partial charge in [0.1, 0.15) is 0 Å². The van der Waals surface area contributed by atoms with Gasteiger partial charge in [-0.1, -0.05) is 47.2 Å². The van der Waals surface area contributed by atoms with Crippen LogP contribution in [0.4, 0.5) is 10.5 Å². The second-order valence-electron chi connectivity index (χ2n) is 5.28. The van der Waals surface area contributed by atoms with Crippen molar-refractivity contribution >= 4 is 23.6 Å². The molecule has 126 valence electrons. The van der Waals surface area contributed by atoms with Crippen LogP contribution in [0.25, 0.3) is 0 Å². The van der Waals surface area contributed by atoms with Crippen molar-refractivity contribution in [3.8, 4) is 0 Å². The van der Waals surface area contributed by atoms with E-state index in [0.717, 1.165) is 5.56 Å². The van der Waals surface area contributed by atoms with Gasteiger partial charge in [-0.05, 0) is 17.7 Å². The third-order valence-corrected chi connectivity index (χ3v) is 3.39. The van der Waals surface area contributed by atoms with Crippen molar-refractivity contribution in [2.24, 2.45) is 10.3 Å². The lowest BCUT2D eigenvalue weighted by Gasteiger charge is -2.02. The van der Waals surface area contributed by atoms with Crippen molar-refractivity contribution in [1.82, 2.24) is 0 Å². The molecule has 8 heteroatoms. The Labute approximate surface area is 143 Å². The first-order chi connectivity index (χ1) is 12.1. The normalized spacial score (nSPS) is 14.7. The Bertz CT molecular complexity index is 845. The summed E-state index contributed by atoms with van der Waals surface area (Å²) in [4.78, 5) is 31.4. The number of carbonyl (C=O) groups excluding carboxylic acids is 2. The summed E-state index contributed by atoms with van der Waals surface area (Å²) in [6.07, 6.45) is 0. The van der Waals surface area contributed by atoms with E-state index in [9.17, 15) is 14.7 Å². The van der Waals surface area contributed by atoms with Crippen LogP contribution >= 0.6 is 0 Å². The highest BCUT2D eigenvalue weighted by Crippen LogP contribution is 2.09. The molecular formula is C17H14N4O4. The van der Waals surface area contributed by atoms with Crippen LogP contribution in [0.1, 0.15) is 15.9 Å². The van der Waals surface area contributed by atoms with E-state index in [0.29, 0.717) is 12.2 Å². The first kappa shape index (κ1) is 16.3. The lowest BCUT2D eigenvalue weighted by atomic mass is 10.1. The van der Waals surface area contributed by atoms with Crippen molar-refractivity contribution in [1.29, 1.82) is 0 Å². The number of amides is 2. The summed E-state index contributed by atoms with van der Waals surface area (Å²) in [5.41, 5.74) is 1.59. The van der Waals surface area contributed by atoms with E-state index in [-0.39, 0.29) is 18.0 Å². The van der Waals surface area contributed by atoms with Crippen LogP contribution < -0.4 is 10.4 Å². The fraction of sp³-hybridized carbons (Fsp3) is 0.118. The average Bonchev–Trinajstić information content (AvgIpc) is 3.03. The smallest absolute Gasteiger partial charge is 0.348 e. The summed E-state index contributed by atoms with van der Waals surface area (Å²) < 4.78 is 1.57. The molecule has 25 heavy (non-hydrogen) atoms. The number of anilines is 1. The number of aliphatic imine (C=N–C) groups is 1. The monoisotopic (exact) mass is 338 g/mol. The van der Waals surface area contributed by atoms with E-state index in [2.05, 4.69) is 15.6 Å². The predicted molar refractivity (Wildman–Crippen MR) is 86.0 cm³/mol. The molecule has 8 nitrogen and oxygen atoms in total. The van der Waals surface area contributed by atoms with Crippen LogP contribution in [0.2, 0.25) is 0 Å². The third kappa shape index (κ3) is 4.47. The van der Waals surface area contributed by atoms with Gasteiger partial charge in [0.25, 0.3) is 6.54 Å². The van der Waals surface area contributed by atoms with Crippen LogP contribution in [0.5, 0.6) is 0 Å². The molecule has 1 aliphatic heterocycles. The number of nitrogens with one attached hydrogen (secondary N) is 1. The first-order valence-electron chi connectivity index (χ1n) is 7.47. The second kappa shape index (κ2) is 7.35. The Morgan fingerprint density at radius 3 is 2.56 bits per heavy atom. The molecule has 0 fully saturated rings. The van der Waals surface area contributed by atoms with E-state index in [1.165, 1.54) is 12.1 Å². The van der Waals surface area contributed by atoms with E-state index < -0.39 is 12.0 Å². The zero-order valence-electron chi connectivity index (χ0n) is 13.1. The number of urea groups is 1. The number of carboxylic acids is 1. The topological polar surface area (TPSA) is 106 Å². The lowest BCUT2D eigenvalue weighted by Crippen LogP contribution is -2.22. The Morgan fingerprint density at radius 1 is 1.16 bits per heavy atom. The Kier molecular flexibility index (Phi) is 4.79. The minimum absolute atomic E-state index is 0.109. The molecule has 0 aromatic heterocycles. The van der Waals surface area contributed by atoms with E-state index in [1.807, 2.05) is 6.07 Å². The molecule has 0 radical (unpaired) electrons. The number of rotatable bonds is 4. The summed E-state index contributed by atoms with van der Waals surface area (Å²) in [5, 5.41) is 17.2. The summed E-state index contributed by atoms with van der Waals surface area (Å²) in [6, 6.07) is 14.7. The molecule has 0 aliphatic carbocycles. The molecule has 2 amide bonds. The van der Waals surface area contributed by atoms with Gasteiger partial charge in [-0.2, -0.15) is 4.99 Å². The molecule has 1 heterocycles. The number of aromatic carboxylic acids is 1. The molecule has 0 bridgehead atoms. The zero-order chi connectivity index (χ0) is 17.6. The van der Waals surface area contributed by atoms with E-state index >= 15 is 0 Å². The molecule has 0 unspecified atom stereocenters. The van der Waals surface area contributed by atoms with Crippen LogP contribution in [0.3, 0.4) is 0 Å². The number of carbonyl (C=O) groups is 2. The molecule has 0 saturated heterocycles. The number of para-hydroxylation sites is 1. The van der Waals surface area contributed by atoms with Crippen molar-refractivity contribution in [2.75, 3.05) is 11.9 Å². The summed E-state index contributed by atoms with van der Waals surface area (Å²) in [7, 11) is 0. The van der Waals surface area contributed by atoms with E-state index in [1.54, 1.807) is 41.1 Å². The SMILES string of the molecule is O=C(/N=C1\C[N+](Cc2ccc(C(=O)[O-])cc2)=NO1)Nc1ccccc1. The molecule has 2 aromatic rings. The van der Waals surface area contributed by atoms with Gasteiger partial charge in [-0.15, -0.1) is 0 Å². The Balaban J connectivity index is 1.55. The Hall–Kier alpha value is -3.55. The van der Waals surface area contributed by atoms with Crippen LogP contribution in [-0.2, 0) is 11.4 Å². The standard InChI is InChI=1S/C17H14N4O4/c22-16(23)13-8-6-12(7-9-13)10-21-11-15(25-20-21)19-17(24)18-14-4-2-1-3-5-14/h1-9H,10-11H2,(H-,18,22,23,24)/b19-15+. The fourth-order valence-electron chi connectivity index (χ4n) is 2.20.